The molecule has 0 bridgehead atoms. The molecule has 4 N–H and O–H groups in total. The van der Waals surface area contributed by atoms with Crippen LogP contribution < -0.4 is 0 Å². The van der Waals surface area contributed by atoms with E-state index in [2.05, 4.69) is 43.0 Å². The first-order valence-electron chi connectivity index (χ1n) is 15.8. The van der Waals surface area contributed by atoms with Gasteiger partial charge in [0.15, 0.2) is 11.5 Å². The molecule has 0 aliphatic heterocycles. The molecule has 8 aromatic rings. The Bertz CT molecular complexity index is 2650. The van der Waals surface area contributed by atoms with Gasteiger partial charge in [0.05, 0.1) is 0 Å². The average Bonchev–Trinajstić information content (AvgIpc) is 3.12. The van der Waals surface area contributed by atoms with Crippen molar-refractivity contribution in [1.82, 2.24) is 0 Å². The van der Waals surface area contributed by atoms with Crippen LogP contribution in [0.3, 0.4) is 0 Å². The van der Waals surface area contributed by atoms with Crippen LogP contribution in [-0.2, 0) is 0 Å². The number of aryl methyl sites for hydroxylation is 1. The molecule has 0 aromatic heterocycles. The second-order valence-corrected chi connectivity index (χ2v) is 12.3. The van der Waals surface area contributed by atoms with Gasteiger partial charge in [-0.15, -0.1) is 29.2 Å². The third-order valence-electron chi connectivity index (χ3n) is 9.69. The average molecular weight is 862 g/mol. The first-order valence-corrected chi connectivity index (χ1v) is 15.8. The van der Waals surface area contributed by atoms with E-state index in [4.69, 9.17) is 0 Å². The molecule has 0 amide bonds. The second-order valence-electron chi connectivity index (χ2n) is 12.3. The number of fused-ring (bicyclic) bond motifs is 4. The van der Waals surface area contributed by atoms with E-state index in [1.54, 1.807) is 0 Å². The second kappa shape index (κ2) is 12.4. The van der Waals surface area contributed by atoms with E-state index >= 15 is 0 Å². The molecule has 8 rings (SSSR count). The van der Waals surface area contributed by atoms with Gasteiger partial charge in [0.2, 0.25) is 11.5 Å². The number of phenolic OH excluding ortho intramolecular Hbond substituents is 4. The van der Waals surface area contributed by atoms with Crippen molar-refractivity contribution >= 4 is 49.2 Å². The third-order valence-corrected chi connectivity index (χ3v) is 9.69. The molecular weight excluding hydrogens is 831 g/mol. The molecule has 0 saturated carbocycles. The predicted molar refractivity (Wildman–Crippen MR) is 198 cm³/mol. The van der Waals surface area contributed by atoms with E-state index in [1.165, 1.54) is 0 Å². The summed E-state index contributed by atoms with van der Waals surface area (Å²) < 4.78 is 0. The van der Waals surface area contributed by atoms with Gasteiger partial charge in [-0.05, 0) is 55.3 Å². The molecule has 236 valence electrons. The fraction of sp³-hybridized carbons (Fsp3) is 0.0455. The van der Waals surface area contributed by atoms with E-state index in [-0.39, 0.29) is 41.9 Å². The zero-order valence-corrected chi connectivity index (χ0v) is 31.1. The molecule has 0 spiro atoms. The van der Waals surface area contributed by atoms with Gasteiger partial charge in [-0.2, -0.15) is 0 Å². The number of phenols is 4. The molecule has 4 nitrogen and oxygen atoms in total. The maximum atomic E-state index is 11.8. The van der Waals surface area contributed by atoms with Gasteiger partial charge in [0.1, 0.15) is 0 Å². The van der Waals surface area contributed by atoms with Crippen molar-refractivity contribution in [2.24, 2.45) is 0 Å². The molecule has 8 aromatic carbocycles. The van der Waals surface area contributed by atoms with E-state index in [0.29, 0.717) is 16.5 Å². The SMILES string of the molecule is C=Cc1c(C)c(C)[c-]c2c(-c3cccc(-c4ccc5ccccc5c4)c3)c3c(O)c(O)c(O)c(O)c3c(-c3cccc4ccccc34)c12.[U]. The first kappa shape index (κ1) is 32.3. The summed E-state index contributed by atoms with van der Waals surface area (Å²) in [5.41, 5.74) is 7.41. The summed E-state index contributed by atoms with van der Waals surface area (Å²) in [6.07, 6.45) is 1.81. The van der Waals surface area contributed by atoms with Gasteiger partial charge in [-0.25, -0.2) is 0 Å². The van der Waals surface area contributed by atoms with Gasteiger partial charge >= 0.3 is 0 Å². The van der Waals surface area contributed by atoms with Gasteiger partial charge in [0.25, 0.3) is 0 Å². The zero-order chi connectivity index (χ0) is 33.3. The fourth-order valence-corrected chi connectivity index (χ4v) is 7.23. The predicted octanol–water partition coefficient (Wildman–Crippen LogP) is 11.2. The zero-order valence-electron chi connectivity index (χ0n) is 27.0. The summed E-state index contributed by atoms with van der Waals surface area (Å²) in [5.74, 6) is -2.63. The van der Waals surface area contributed by atoms with Crippen LogP contribution in [0, 0.1) is 51.0 Å². The van der Waals surface area contributed by atoms with Crippen LogP contribution in [0.5, 0.6) is 23.0 Å². The minimum absolute atomic E-state index is 0. The van der Waals surface area contributed by atoms with Crippen LogP contribution in [0.1, 0.15) is 16.7 Å². The maximum absolute atomic E-state index is 11.8. The topological polar surface area (TPSA) is 80.9 Å². The Morgan fingerprint density at radius 1 is 0.551 bits per heavy atom. The van der Waals surface area contributed by atoms with Gasteiger partial charge in [0, 0.05) is 36.5 Å². The number of hydrogen-bond donors (Lipinski definition) is 4. The van der Waals surface area contributed by atoms with Crippen molar-refractivity contribution in [2.45, 2.75) is 13.8 Å². The first-order chi connectivity index (χ1) is 23.3. The Kier molecular flexibility index (Phi) is 8.15. The van der Waals surface area contributed by atoms with E-state index < -0.39 is 23.0 Å². The Hall–Kier alpha value is -5.21. The molecule has 0 atom stereocenters. The molecule has 0 unspecified atom stereocenters. The van der Waals surface area contributed by atoms with E-state index in [9.17, 15) is 20.4 Å². The van der Waals surface area contributed by atoms with Crippen LogP contribution in [-0.4, -0.2) is 20.4 Å². The van der Waals surface area contributed by atoms with Gasteiger partial charge in [-0.1, -0.05) is 145 Å². The van der Waals surface area contributed by atoms with Crippen LogP contribution in [0.25, 0.3) is 82.5 Å². The van der Waals surface area contributed by atoms with Crippen molar-refractivity contribution in [3.8, 4) is 56.4 Å². The van der Waals surface area contributed by atoms with Crippen molar-refractivity contribution in [3.63, 3.8) is 0 Å². The molecular formula is C44H31O4U-. The Morgan fingerprint density at radius 3 is 1.88 bits per heavy atom. The van der Waals surface area contributed by atoms with E-state index in [0.717, 1.165) is 65.9 Å². The maximum Gasteiger partial charge on any atom is 0.204 e. The van der Waals surface area contributed by atoms with Crippen LogP contribution in [0.15, 0.2) is 116 Å². The fourth-order valence-electron chi connectivity index (χ4n) is 7.23. The van der Waals surface area contributed by atoms with Crippen molar-refractivity contribution < 1.29 is 51.5 Å². The molecule has 0 radical (unpaired) electrons. The monoisotopic (exact) mass is 861 g/mol. The normalized spacial score (nSPS) is 11.3. The number of aromatic hydroxyl groups is 4. The number of benzene rings is 8. The van der Waals surface area contributed by atoms with Crippen molar-refractivity contribution in [2.75, 3.05) is 0 Å². The van der Waals surface area contributed by atoms with Crippen LogP contribution in [0.2, 0.25) is 0 Å². The van der Waals surface area contributed by atoms with Crippen LogP contribution in [0.4, 0.5) is 0 Å². The number of hydrogen-bond acceptors (Lipinski definition) is 4. The summed E-state index contributed by atoms with van der Waals surface area (Å²) in [5, 5.41) is 51.6. The Balaban J connectivity index is 0.00000378. The smallest absolute Gasteiger partial charge is 0.204 e. The Labute approximate surface area is 307 Å². The van der Waals surface area contributed by atoms with Gasteiger partial charge in [-0.3, -0.25) is 0 Å². The molecule has 0 saturated heterocycles. The minimum Gasteiger partial charge on any atom is -0.504 e. The summed E-state index contributed by atoms with van der Waals surface area (Å²) in [6, 6.07) is 40.1. The third kappa shape index (κ3) is 4.96. The molecule has 0 fully saturated rings. The molecule has 0 aliphatic carbocycles. The molecule has 0 aliphatic rings. The minimum atomic E-state index is -0.789. The summed E-state index contributed by atoms with van der Waals surface area (Å²) in [4.78, 5) is 0. The van der Waals surface area contributed by atoms with Crippen molar-refractivity contribution in [1.29, 1.82) is 0 Å². The summed E-state index contributed by atoms with van der Waals surface area (Å²) in [7, 11) is 0. The van der Waals surface area contributed by atoms with E-state index in [1.807, 2.05) is 98.8 Å². The molecule has 0 heterocycles. The van der Waals surface area contributed by atoms with Crippen molar-refractivity contribution in [3.05, 3.63) is 139 Å². The largest absolute Gasteiger partial charge is 0.504 e. The van der Waals surface area contributed by atoms with Gasteiger partial charge < -0.3 is 20.4 Å². The molecule has 49 heavy (non-hydrogen) atoms. The quantitative estimate of drug-likeness (QED) is 0.0615. The summed E-state index contributed by atoms with van der Waals surface area (Å²) >= 11 is 0. The number of rotatable bonds is 4. The summed E-state index contributed by atoms with van der Waals surface area (Å²) in [6.45, 7) is 8.21. The van der Waals surface area contributed by atoms with Crippen LogP contribution >= 0.6 is 0 Å². The Morgan fingerprint density at radius 2 is 1.14 bits per heavy atom. The molecule has 5 heteroatoms. The standard InChI is InChI=1S/C44H31O4.U/c1-4-32-25(3)24(2)21-35-36(31-16-9-15-29(23-31)30-20-19-26-11-5-6-13-28(26)22-30)39-40(42(46)44(48)43(47)41(39)45)38(37(32)35)34-18-10-14-27-12-7-8-17-33(27)34;/h4-20,22-23,45-48H,1H2,2-3H3;/q-1;.